The number of rotatable bonds is 5. The lowest BCUT2D eigenvalue weighted by atomic mass is 10.1. The summed E-state index contributed by atoms with van der Waals surface area (Å²) in [7, 11) is 0. The standard InChI is InChI=1S/C10H14O3/c1-2-13-10(11)5-3-4-9-6-7-12-8-9/h6-8H,2-5H2,1H3. The molecule has 3 heteroatoms. The zero-order chi connectivity index (χ0) is 9.52. The summed E-state index contributed by atoms with van der Waals surface area (Å²) in [4.78, 5) is 10.9. The molecule has 0 N–H and O–H groups in total. The third-order valence-electron chi connectivity index (χ3n) is 1.73. The van der Waals surface area contributed by atoms with Crippen molar-refractivity contribution >= 4 is 5.97 Å². The van der Waals surface area contributed by atoms with Crippen LogP contribution in [0.2, 0.25) is 0 Å². The molecule has 0 aromatic carbocycles. The average Bonchev–Trinajstić information content (AvgIpc) is 2.57. The summed E-state index contributed by atoms with van der Waals surface area (Å²) in [5.74, 6) is -0.119. The van der Waals surface area contributed by atoms with Crippen LogP contribution in [-0.2, 0) is 16.0 Å². The van der Waals surface area contributed by atoms with Crippen molar-refractivity contribution in [2.45, 2.75) is 26.2 Å². The first-order valence-electron chi connectivity index (χ1n) is 4.49. The van der Waals surface area contributed by atoms with Crippen LogP contribution in [0.15, 0.2) is 23.0 Å². The Balaban J connectivity index is 2.11. The molecule has 1 rings (SSSR count). The van der Waals surface area contributed by atoms with Gasteiger partial charge in [-0.15, -0.1) is 0 Å². The van der Waals surface area contributed by atoms with Gasteiger partial charge in [0, 0.05) is 6.42 Å². The molecule has 0 spiro atoms. The number of aryl methyl sites for hydroxylation is 1. The Labute approximate surface area is 77.7 Å². The van der Waals surface area contributed by atoms with E-state index in [1.54, 1.807) is 12.5 Å². The van der Waals surface area contributed by atoms with E-state index in [0.29, 0.717) is 13.0 Å². The number of carbonyl (C=O) groups is 1. The third kappa shape index (κ3) is 3.78. The van der Waals surface area contributed by atoms with Gasteiger partial charge >= 0.3 is 5.97 Å². The SMILES string of the molecule is CCOC(=O)CCCc1ccoc1. The molecule has 0 aliphatic heterocycles. The van der Waals surface area contributed by atoms with E-state index in [4.69, 9.17) is 9.15 Å². The number of ether oxygens (including phenoxy) is 1. The fourth-order valence-electron chi connectivity index (χ4n) is 1.10. The van der Waals surface area contributed by atoms with Crippen LogP contribution in [0.1, 0.15) is 25.3 Å². The minimum absolute atomic E-state index is 0.119. The van der Waals surface area contributed by atoms with Gasteiger partial charge < -0.3 is 9.15 Å². The average molecular weight is 182 g/mol. The van der Waals surface area contributed by atoms with Crippen LogP contribution in [0.5, 0.6) is 0 Å². The molecule has 13 heavy (non-hydrogen) atoms. The van der Waals surface area contributed by atoms with E-state index in [9.17, 15) is 4.79 Å². The van der Waals surface area contributed by atoms with E-state index in [1.807, 2.05) is 13.0 Å². The number of furan rings is 1. The monoisotopic (exact) mass is 182 g/mol. The van der Waals surface area contributed by atoms with Gasteiger partial charge in [-0.1, -0.05) is 0 Å². The predicted octanol–water partition coefficient (Wildman–Crippen LogP) is 2.17. The van der Waals surface area contributed by atoms with Gasteiger partial charge in [-0.3, -0.25) is 4.79 Å². The molecule has 3 nitrogen and oxygen atoms in total. The van der Waals surface area contributed by atoms with Gasteiger partial charge in [-0.2, -0.15) is 0 Å². The Morgan fingerprint density at radius 3 is 3.08 bits per heavy atom. The number of hydrogen-bond acceptors (Lipinski definition) is 3. The number of hydrogen-bond donors (Lipinski definition) is 0. The lowest BCUT2D eigenvalue weighted by Crippen LogP contribution is -2.03. The highest BCUT2D eigenvalue weighted by Crippen LogP contribution is 2.05. The minimum Gasteiger partial charge on any atom is -0.472 e. The van der Waals surface area contributed by atoms with Crippen molar-refractivity contribution in [1.29, 1.82) is 0 Å². The van der Waals surface area contributed by atoms with Crippen molar-refractivity contribution in [2.75, 3.05) is 6.61 Å². The van der Waals surface area contributed by atoms with Crippen LogP contribution in [0.25, 0.3) is 0 Å². The molecular formula is C10H14O3. The van der Waals surface area contributed by atoms with Crippen molar-refractivity contribution in [3.05, 3.63) is 24.2 Å². The van der Waals surface area contributed by atoms with Gasteiger partial charge in [-0.05, 0) is 31.4 Å². The molecule has 0 saturated carbocycles. The molecule has 0 atom stereocenters. The predicted molar refractivity (Wildman–Crippen MR) is 48.3 cm³/mol. The molecule has 0 bridgehead atoms. The van der Waals surface area contributed by atoms with Gasteiger partial charge in [0.05, 0.1) is 19.1 Å². The number of esters is 1. The summed E-state index contributed by atoms with van der Waals surface area (Å²) in [6.07, 6.45) is 5.51. The summed E-state index contributed by atoms with van der Waals surface area (Å²) in [5.41, 5.74) is 1.13. The Kier molecular flexibility index (Phi) is 4.09. The molecule has 72 valence electrons. The van der Waals surface area contributed by atoms with Crippen molar-refractivity contribution < 1.29 is 13.9 Å². The first-order chi connectivity index (χ1) is 6.33. The molecule has 0 aliphatic carbocycles. The fraction of sp³-hybridized carbons (Fsp3) is 0.500. The van der Waals surface area contributed by atoms with Crippen LogP contribution >= 0.6 is 0 Å². The minimum atomic E-state index is -0.119. The first kappa shape index (κ1) is 9.84. The van der Waals surface area contributed by atoms with Gasteiger partial charge in [-0.25, -0.2) is 0 Å². The summed E-state index contributed by atoms with van der Waals surface area (Å²) in [6, 6.07) is 1.91. The molecule has 0 fully saturated rings. The highest BCUT2D eigenvalue weighted by molar-refractivity contribution is 5.69. The van der Waals surface area contributed by atoms with E-state index >= 15 is 0 Å². The second-order valence-corrected chi connectivity index (χ2v) is 2.79. The third-order valence-corrected chi connectivity index (χ3v) is 1.73. The van der Waals surface area contributed by atoms with Crippen LogP contribution in [0.3, 0.4) is 0 Å². The van der Waals surface area contributed by atoms with E-state index < -0.39 is 0 Å². The second-order valence-electron chi connectivity index (χ2n) is 2.79. The second kappa shape index (κ2) is 5.41. The fourth-order valence-corrected chi connectivity index (χ4v) is 1.10. The van der Waals surface area contributed by atoms with E-state index in [2.05, 4.69) is 0 Å². The summed E-state index contributed by atoms with van der Waals surface area (Å²) >= 11 is 0. The Hall–Kier alpha value is -1.25. The molecule has 0 unspecified atom stereocenters. The highest BCUT2D eigenvalue weighted by atomic mass is 16.5. The summed E-state index contributed by atoms with van der Waals surface area (Å²) in [5, 5.41) is 0. The highest BCUT2D eigenvalue weighted by Gasteiger charge is 2.01. The Morgan fingerprint density at radius 2 is 2.46 bits per heavy atom. The Bertz CT molecular complexity index is 239. The number of carbonyl (C=O) groups excluding carboxylic acids is 1. The van der Waals surface area contributed by atoms with E-state index in [1.165, 1.54) is 0 Å². The first-order valence-corrected chi connectivity index (χ1v) is 4.49. The largest absolute Gasteiger partial charge is 0.472 e. The van der Waals surface area contributed by atoms with Gasteiger partial charge in [0.1, 0.15) is 0 Å². The van der Waals surface area contributed by atoms with Crippen LogP contribution in [-0.4, -0.2) is 12.6 Å². The molecule has 0 radical (unpaired) electrons. The molecule has 0 saturated heterocycles. The lowest BCUT2D eigenvalue weighted by Gasteiger charge is -1.99. The zero-order valence-corrected chi connectivity index (χ0v) is 7.79. The molecule has 1 heterocycles. The molecule has 0 amide bonds. The Morgan fingerprint density at radius 1 is 1.62 bits per heavy atom. The van der Waals surface area contributed by atoms with Crippen LogP contribution in [0, 0.1) is 0 Å². The lowest BCUT2D eigenvalue weighted by molar-refractivity contribution is -0.143. The van der Waals surface area contributed by atoms with Crippen molar-refractivity contribution in [3.63, 3.8) is 0 Å². The maximum absolute atomic E-state index is 10.9. The maximum Gasteiger partial charge on any atom is 0.305 e. The van der Waals surface area contributed by atoms with Crippen LogP contribution in [0.4, 0.5) is 0 Å². The zero-order valence-electron chi connectivity index (χ0n) is 7.79. The van der Waals surface area contributed by atoms with Gasteiger partial charge in [0.2, 0.25) is 0 Å². The quantitative estimate of drug-likeness (QED) is 0.655. The molecule has 1 aromatic heterocycles. The van der Waals surface area contributed by atoms with Crippen LogP contribution < -0.4 is 0 Å². The molecule has 0 aliphatic rings. The summed E-state index contributed by atoms with van der Waals surface area (Å²) in [6.45, 7) is 2.28. The van der Waals surface area contributed by atoms with Crippen molar-refractivity contribution in [1.82, 2.24) is 0 Å². The van der Waals surface area contributed by atoms with Crippen molar-refractivity contribution in [2.24, 2.45) is 0 Å². The molecular weight excluding hydrogens is 168 g/mol. The smallest absolute Gasteiger partial charge is 0.305 e. The van der Waals surface area contributed by atoms with E-state index in [-0.39, 0.29) is 5.97 Å². The summed E-state index contributed by atoms with van der Waals surface area (Å²) < 4.78 is 9.70. The normalized spacial score (nSPS) is 9.92. The van der Waals surface area contributed by atoms with Crippen molar-refractivity contribution in [3.8, 4) is 0 Å². The maximum atomic E-state index is 10.9. The topological polar surface area (TPSA) is 39.4 Å². The van der Waals surface area contributed by atoms with E-state index in [0.717, 1.165) is 18.4 Å². The van der Waals surface area contributed by atoms with Gasteiger partial charge in [0.15, 0.2) is 0 Å². The van der Waals surface area contributed by atoms with Gasteiger partial charge in [0.25, 0.3) is 0 Å². The molecule has 1 aromatic rings.